The van der Waals surface area contributed by atoms with Crippen molar-refractivity contribution in [2.24, 2.45) is 0 Å². The van der Waals surface area contributed by atoms with Crippen LogP contribution in [0.2, 0.25) is 0 Å². The van der Waals surface area contributed by atoms with Gasteiger partial charge >= 0.3 is 6.16 Å². The average Bonchev–Trinajstić information content (AvgIpc) is 4.25. The van der Waals surface area contributed by atoms with Crippen LogP contribution in [-0.4, -0.2) is 130 Å². The van der Waals surface area contributed by atoms with E-state index in [1.807, 2.05) is 84.9 Å². The number of imide groups is 2. The van der Waals surface area contributed by atoms with E-state index < -0.39 is 54.1 Å². The molecule has 2 saturated heterocycles. The number of carbonyl (C=O) groups is 7. The third kappa shape index (κ3) is 13.2. The van der Waals surface area contributed by atoms with Gasteiger partial charge in [-0.05, 0) is 81.3 Å². The maximum Gasteiger partial charge on any atom is 0.512 e. The number of aryl methyl sites for hydroxylation is 2. The normalized spacial score (nSPS) is 16.8. The van der Waals surface area contributed by atoms with Crippen molar-refractivity contribution in [2.45, 2.75) is 88.5 Å². The highest BCUT2D eigenvalue weighted by Gasteiger charge is 2.50. The van der Waals surface area contributed by atoms with Gasteiger partial charge in [-0.2, -0.15) is 0 Å². The van der Waals surface area contributed by atoms with Crippen molar-refractivity contribution >= 4 is 41.6 Å². The molecule has 8 rings (SSSR count). The molecule has 2 aliphatic carbocycles. The molecule has 17 nitrogen and oxygen atoms in total. The molecule has 4 atom stereocenters. The predicted octanol–water partition coefficient (Wildman–Crippen LogP) is 5.93. The summed E-state index contributed by atoms with van der Waals surface area (Å²) in [6.07, 6.45) is 8.24. The Morgan fingerprint density at radius 1 is 0.513 bits per heavy atom. The van der Waals surface area contributed by atoms with Gasteiger partial charge in [0.25, 0.3) is 0 Å². The molecule has 17 heteroatoms. The van der Waals surface area contributed by atoms with Crippen molar-refractivity contribution in [2.75, 3.05) is 65.9 Å². The lowest BCUT2D eigenvalue weighted by atomic mass is 9.92. The summed E-state index contributed by atoms with van der Waals surface area (Å²) in [7, 11) is 0. The topological polar surface area (TPSA) is 205 Å². The minimum Gasteiger partial charge on any atom is -0.409 e. The van der Waals surface area contributed by atoms with Gasteiger partial charge in [-0.25, -0.2) is 14.6 Å². The smallest absolute Gasteiger partial charge is 0.409 e. The van der Waals surface area contributed by atoms with Crippen LogP contribution in [0.1, 0.15) is 96.6 Å². The molecule has 2 fully saturated rings. The third-order valence-electron chi connectivity index (χ3n) is 13.8. The number of amides is 6. The van der Waals surface area contributed by atoms with Gasteiger partial charge in [-0.1, -0.05) is 96.8 Å². The summed E-state index contributed by atoms with van der Waals surface area (Å²) < 4.78 is 33.9. The van der Waals surface area contributed by atoms with Gasteiger partial charge in [-0.3, -0.25) is 28.8 Å². The molecule has 4 unspecified atom stereocenters. The molecular weight excluding hydrogens is 973 g/mol. The van der Waals surface area contributed by atoms with Crippen LogP contribution in [-0.2, 0) is 70.0 Å². The molecule has 396 valence electrons. The highest BCUT2D eigenvalue weighted by atomic mass is 16.7. The number of fused-ring (bicyclic) bond motifs is 6. The first-order valence-electron chi connectivity index (χ1n) is 25.8. The summed E-state index contributed by atoms with van der Waals surface area (Å²) >= 11 is 0. The van der Waals surface area contributed by atoms with Gasteiger partial charge in [0, 0.05) is 51.6 Å². The summed E-state index contributed by atoms with van der Waals surface area (Å²) in [6.45, 7) is 3.19. The monoisotopic (exact) mass is 1030 g/mol. The molecule has 0 aromatic heterocycles. The van der Waals surface area contributed by atoms with Gasteiger partial charge in [0.1, 0.15) is 13.2 Å². The standard InChI is InChI=1S/C59H62N4O13/c1-3-29-71-33-35-73-31-27-60-49(64)17-9-11-39-19-21-43-41-13-5-7-15-45(41)55(47(43)37-39)57(62-51(66)23-24-52(62)67)75-59(70)76-58(63-53(68)25-26-54(63)69)56-46-16-8-6-14-42(46)44-22-20-40(38-48(44)56)12-10-18-50(65)61-28-32-74-36-34-72-30-4-2/h1-2,5-8,13-16,19-22,37-38,55-58H,9-12,17-18,23-36H2,(H,60,64)(H,61,65). The van der Waals surface area contributed by atoms with Gasteiger partial charge in [0.2, 0.25) is 35.4 Å². The average molecular weight is 1040 g/mol. The second-order valence-corrected chi connectivity index (χ2v) is 18.7. The van der Waals surface area contributed by atoms with Crippen LogP contribution >= 0.6 is 0 Å². The highest BCUT2D eigenvalue weighted by molar-refractivity contribution is 6.03. The summed E-state index contributed by atoms with van der Waals surface area (Å²) in [5, 5.41) is 5.73. The fourth-order valence-corrected chi connectivity index (χ4v) is 10.3. The zero-order chi connectivity index (χ0) is 53.4. The van der Waals surface area contributed by atoms with Crippen LogP contribution in [0.3, 0.4) is 0 Å². The maximum atomic E-state index is 14.8. The molecule has 4 aliphatic rings. The minimum absolute atomic E-state index is 0.0913. The Morgan fingerprint density at radius 3 is 1.30 bits per heavy atom. The molecule has 0 saturated carbocycles. The zero-order valence-corrected chi connectivity index (χ0v) is 42.4. The number of nitrogens with one attached hydrogen (secondary N) is 2. The Morgan fingerprint density at radius 2 is 0.895 bits per heavy atom. The fraction of sp³-hybridized carbons (Fsp3) is 0.407. The zero-order valence-electron chi connectivity index (χ0n) is 42.4. The number of rotatable bonds is 28. The van der Waals surface area contributed by atoms with E-state index in [1.165, 1.54) is 0 Å². The van der Waals surface area contributed by atoms with Gasteiger partial charge in [0.05, 0.1) is 51.5 Å². The quantitative estimate of drug-likeness (QED) is 0.0294. The van der Waals surface area contributed by atoms with Crippen molar-refractivity contribution in [3.8, 4) is 46.9 Å². The van der Waals surface area contributed by atoms with E-state index in [0.29, 0.717) is 101 Å². The molecular formula is C59H62N4O13. The van der Waals surface area contributed by atoms with Crippen molar-refractivity contribution in [1.29, 1.82) is 0 Å². The maximum absolute atomic E-state index is 14.8. The van der Waals surface area contributed by atoms with Gasteiger partial charge < -0.3 is 39.1 Å². The van der Waals surface area contributed by atoms with E-state index in [0.717, 1.165) is 43.2 Å². The second kappa shape index (κ2) is 26.7. The number of ether oxygens (including phenoxy) is 6. The SMILES string of the molecule is C#CCOCCOCCNC(=O)CCCc1ccc2c(c1)C(C(OC(=O)OC(C1c3ccccc3-c3ccc(CCCC(=O)NCCOCCOCC#C)cc31)N1C(=O)CCC1=O)N1C(=O)CCC1=O)c1ccccc1-2. The van der Waals surface area contributed by atoms with E-state index in [1.54, 1.807) is 0 Å². The largest absolute Gasteiger partial charge is 0.512 e. The first-order valence-corrected chi connectivity index (χ1v) is 25.8. The van der Waals surface area contributed by atoms with Crippen LogP contribution in [0.4, 0.5) is 4.79 Å². The Hall–Kier alpha value is -7.67. The second-order valence-electron chi connectivity index (χ2n) is 18.7. The van der Waals surface area contributed by atoms with Crippen molar-refractivity contribution < 1.29 is 62.0 Å². The van der Waals surface area contributed by atoms with Gasteiger partial charge in [0.15, 0.2) is 12.5 Å². The number of hydrogen-bond acceptors (Lipinski definition) is 13. The summed E-state index contributed by atoms with van der Waals surface area (Å²) in [5.41, 5.74) is 7.88. The Labute approximate surface area is 442 Å². The van der Waals surface area contributed by atoms with E-state index in [9.17, 15) is 33.6 Å². The highest BCUT2D eigenvalue weighted by Crippen LogP contribution is 2.51. The van der Waals surface area contributed by atoms with Crippen LogP contribution < -0.4 is 10.6 Å². The van der Waals surface area contributed by atoms with Crippen LogP contribution in [0.5, 0.6) is 0 Å². The Balaban J connectivity index is 1.00. The van der Waals surface area contributed by atoms with Crippen LogP contribution in [0.15, 0.2) is 84.9 Å². The van der Waals surface area contributed by atoms with E-state index in [4.69, 9.17) is 41.3 Å². The molecule has 0 spiro atoms. The summed E-state index contributed by atoms with van der Waals surface area (Å²) in [4.78, 5) is 97.3. The molecule has 2 N–H and O–H groups in total. The van der Waals surface area contributed by atoms with E-state index in [-0.39, 0.29) is 63.6 Å². The number of hydrogen-bond donors (Lipinski definition) is 2. The molecule has 2 heterocycles. The van der Waals surface area contributed by atoms with Crippen LogP contribution in [0, 0.1) is 24.7 Å². The summed E-state index contributed by atoms with van der Waals surface area (Å²) in [5.74, 6) is 0.684. The Bertz CT molecular complexity index is 2660. The number of likely N-dealkylation sites (tertiary alicyclic amines) is 2. The molecule has 4 aromatic carbocycles. The van der Waals surface area contributed by atoms with Crippen molar-refractivity contribution in [1.82, 2.24) is 20.4 Å². The predicted molar refractivity (Wildman–Crippen MR) is 278 cm³/mol. The van der Waals surface area contributed by atoms with Crippen LogP contribution in [0.25, 0.3) is 22.3 Å². The Kier molecular flexibility index (Phi) is 19.2. The lowest BCUT2D eigenvalue weighted by Crippen LogP contribution is -2.49. The van der Waals surface area contributed by atoms with E-state index >= 15 is 0 Å². The number of benzene rings is 4. The molecule has 2 aliphatic heterocycles. The third-order valence-corrected chi connectivity index (χ3v) is 13.8. The molecule has 6 amide bonds. The lowest BCUT2D eigenvalue weighted by molar-refractivity contribution is -0.157. The minimum atomic E-state index is -1.52. The molecule has 0 radical (unpaired) electrons. The number of terminal acetylenes is 2. The lowest BCUT2D eigenvalue weighted by Gasteiger charge is -2.34. The van der Waals surface area contributed by atoms with Crippen molar-refractivity contribution in [3.05, 3.63) is 118 Å². The van der Waals surface area contributed by atoms with Gasteiger partial charge in [-0.15, -0.1) is 12.8 Å². The number of carbonyl (C=O) groups excluding carboxylic acids is 7. The molecule has 4 aromatic rings. The molecule has 0 bridgehead atoms. The first kappa shape index (κ1) is 54.6. The first-order chi connectivity index (χ1) is 37.1. The molecule has 76 heavy (non-hydrogen) atoms. The van der Waals surface area contributed by atoms with E-state index in [2.05, 4.69) is 22.5 Å². The number of nitrogens with zero attached hydrogens (tertiary/aromatic N) is 2. The summed E-state index contributed by atoms with van der Waals surface area (Å²) in [6, 6.07) is 26.8. The fourth-order valence-electron chi connectivity index (χ4n) is 10.3. The van der Waals surface area contributed by atoms with Crippen molar-refractivity contribution in [3.63, 3.8) is 0 Å².